The number of carboxylic acid groups (broad SMARTS) is 1. The Hall–Kier alpha value is -5.50. The third-order valence-electron chi connectivity index (χ3n) is 8.57. The number of anilines is 1. The van der Waals surface area contributed by atoms with Crippen LogP contribution in [0, 0.1) is 0 Å². The summed E-state index contributed by atoms with van der Waals surface area (Å²) in [6, 6.07) is 24.2. The van der Waals surface area contributed by atoms with Gasteiger partial charge in [0.1, 0.15) is 11.4 Å². The Morgan fingerprint density at radius 3 is 1.57 bits per heavy atom. The van der Waals surface area contributed by atoms with Crippen molar-refractivity contribution < 1.29 is 36.2 Å². The first kappa shape index (κ1) is 35.3. The number of nitrogens with one attached hydrogen (secondary N) is 2. The molecule has 1 saturated carbocycles. The lowest BCUT2D eigenvalue weighted by Gasteiger charge is -2.42. The summed E-state index contributed by atoms with van der Waals surface area (Å²) in [6.07, 6.45) is -7.28. The number of hydrogen-bond donors (Lipinski definition) is 3. The molecule has 0 atom stereocenters. The number of halogens is 7. The van der Waals surface area contributed by atoms with E-state index in [0.717, 1.165) is 59.7 Å². The molecule has 0 bridgehead atoms. The first-order chi connectivity index (χ1) is 24.2. The van der Waals surface area contributed by atoms with E-state index in [1.54, 1.807) is 6.07 Å². The highest BCUT2D eigenvalue weighted by molar-refractivity contribution is 6.34. The highest BCUT2D eigenvalue weighted by atomic mass is 35.5. The van der Waals surface area contributed by atoms with Gasteiger partial charge in [-0.05, 0) is 43.5 Å². The SMILES string of the molecule is FC(F)(F)c1ccc(-c2nnc(Cl)c3ccccc23)cc1.O=C(O)NCC1(Nc2nnc(-c3ccc(C(F)(F)F)cc3)c3ccccc23)CCC1. The van der Waals surface area contributed by atoms with Gasteiger partial charge in [-0.1, -0.05) is 84.4 Å². The molecule has 1 fully saturated rings. The van der Waals surface area contributed by atoms with Crippen molar-refractivity contribution in [1.82, 2.24) is 25.7 Å². The zero-order valence-corrected chi connectivity index (χ0v) is 27.1. The van der Waals surface area contributed by atoms with Crippen LogP contribution >= 0.6 is 11.6 Å². The molecule has 2 heterocycles. The smallest absolute Gasteiger partial charge is 0.416 e. The summed E-state index contributed by atoms with van der Waals surface area (Å²) in [5.41, 5.74) is 0.232. The fourth-order valence-electron chi connectivity index (χ4n) is 5.77. The van der Waals surface area contributed by atoms with Crippen molar-refractivity contribution in [3.63, 3.8) is 0 Å². The molecule has 0 radical (unpaired) electrons. The van der Waals surface area contributed by atoms with Crippen LogP contribution in [-0.4, -0.2) is 43.7 Å². The molecule has 0 unspecified atom stereocenters. The van der Waals surface area contributed by atoms with Crippen molar-refractivity contribution in [2.24, 2.45) is 0 Å². The number of aromatic nitrogens is 4. The number of rotatable bonds is 6. The first-order valence-electron chi connectivity index (χ1n) is 15.5. The van der Waals surface area contributed by atoms with Crippen molar-refractivity contribution in [2.45, 2.75) is 37.2 Å². The molecule has 1 amide bonds. The van der Waals surface area contributed by atoms with E-state index in [2.05, 4.69) is 31.0 Å². The minimum atomic E-state index is -4.40. The van der Waals surface area contributed by atoms with E-state index in [9.17, 15) is 31.1 Å². The molecule has 2 aromatic heterocycles. The summed E-state index contributed by atoms with van der Waals surface area (Å²) < 4.78 is 76.3. The van der Waals surface area contributed by atoms with E-state index >= 15 is 0 Å². The number of amides is 1. The predicted octanol–water partition coefficient (Wildman–Crippen LogP) is 9.89. The number of fused-ring (bicyclic) bond motifs is 2. The van der Waals surface area contributed by atoms with Gasteiger partial charge in [-0.25, -0.2) is 4.79 Å². The molecular weight excluding hydrogens is 698 g/mol. The van der Waals surface area contributed by atoms with Crippen molar-refractivity contribution in [2.75, 3.05) is 11.9 Å². The second-order valence-electron chi connectivity index (χ2n) is 11.9. The van der Waals surface area contributed by atoms with Gasteiger partial charge in [-0.3, -0.25) is 0 Å². The van der Waals surface area contributed by atoms with Crippen LogP contribution in [0.25, 0.3) is 44.1 Å². The molecule has 51 heavy (non-hydrogen) atoms. The second-order valence-corrected chi connectivity index (χ2v) is 12.3. The molecule has 3 N–H and O–H groups in total. The molecule has 6 aromatic rings. The van der Waals surface area contributed by atoms with Gasteiger partial charge < -0.3 is 15.7 Å². The largest absolute Gasteiger partial charge is 0.465 e. The Morgan fingerprint density at radius 2 is 1.12 bits per heavy atom. The summed E-state index contributed by atoms with van der Waals surface area (Å²) in [4.78, 5) is 10.9. The quantitative estimate of drug-likeness (QED) is 0.147. The number of carbonyl (C=O) groups is 1. The van der Waals surface area contributed by atoms with Gasteiger partial charge in [-0.15, -0.1) is 20.4 Å². The van der Waals surface area contributed by atoms with E-state index < -0.39 is 35.1 Å². The highest BCUT2D eigenvalue weighted by Gasteiger charge is 2.38. The standard InChI is InChI=1S/C21H19F3N4O2.C15H8ClF3N2/c22-21(23,24)14-8-6-13(7-9-14)17-15-4-1-2-5-16(15)18(28-27-17)26-20(10-3-11-20)12-25-19(29)30;16-14-12-4-2-1-3-11(12)13(20-21-14)9-5-7-10(8-6-9)15(17,18)19/h1-2,4-9,25H,3,10-12H2,(H,26,28)(H,29,30);1-8H. The van der Waals surface area contributed by atoms with Crippen molar-refractivity contribution in [1.29, 1.82) is 0 Å². The third kappa shape index (κ3) is 7.80. The van der Waals surface area contributed by atoms with Gasteiger partial charge in [0.25, 0.3) is 0 Å². The van der Waals surface area contributed by atoms with E-state index in [-0.39, 0.29) is 11.7 Å². The Labute approximate surface area is 291 Å². The molecule has 15 heteroatoms. The molecule has 0 saturated heterocycles. The maximum Gasteiger partial charge on any atom is 0.416 e. The molecule has 7 rings (SSSR count). The van der Waals surface area contributed by atoms with Crippen LogP contribution in [0.5, 0.6) is 0 Å². The lowest BCUT2D eigenvalue weighted by molar-refractivity contribution is -0.138. The first-order valence-corrected chi connectivity index (χ1v) is 15.9. The van der Waals surface area contributed by atoms with Crippen LogP contribution in [0.15, 0.2) is 97.1 Å². The van der Waals surface area contributed by atoms with Crippen LogP contribution in [-0.2, 0) is 12.4 Å². The molecule has 0 aliphatic heterocycles. The summed E-state index contributed by atoms with van der Waals surface area (Å²) in [7, 11) is 0. The highest BCUT2D eigenvalue weighted by Crippen LogP contribution is 2.38. The van der Waals surface area contributed by atoms with E-state index in [1.165, 1.54) is 24.3 Å². The molecule has 4 aromatic carbocycles. The van der Waals surface area contributed by atoms with Crippen LogP contribution in [0.4, 0.5) is 37.0 Å². The van der Waals surface area contributed by atoms with Crippen LogP contribution in [0.1, 0.15) is 30.4 Å². The Kier molecular flexibility index (Phi) is 9.71. The molecule has 1 aliphatic carbocycles. The lowest BCUT2D eigenvalue weighted by Crippen LogP contribution is -2.53. The van der Waals surface area contributed by atoms with Gasteiger partial charge >= 0.3 is 18.4 Å². The maximum atomic E-state index is 12.9. The average Bonchev–Trinajstić information content (AvgIpc) is 3.09. The van der Waals surface area contributed by atoms with Crippen molar-refractivity contribution >= 4 is 45.1 Å². The average molecular weight is 725 g/mol. The van der Waals surface area contributed by atoms with Gasteiger partial charge in [0.05, 0.1) is 16.7 Å². The third-order valence-corrected chi connectivity index (χ3v) is 8.85. The number of alkyl halides is 6. The normalized spacial score (nSPS) is 13.9. The molecule has 262 valence electrons. The van der Waals surface area contributed by atoms with Gasteiger partial charge in [0, 0.05) is 39.2 Å². The van der Waals surface area contributed by atoms with Crippen LogP contribution in [0.2, 0.25) is 5.15 Å². The van der Waals surface area contributed by atoms with Gasteiger partial charge in [0.2, 0.25) is 0 Å². The van der Waals surface area contributed by atoms with E-state index in [4.69, 9.17) is 16.7 Å². The summed E-state index contributed by atoms with van der Waals surface area (Å²) in [5, 5.41) is 34.4. The Morgan fingerprint density at radius 1 is 0.667 bits per heavy atom. The van der Waals surface area contributed by atoms with E-state index in [0.29, 0.717) is 33.7 Å². The van der Waals surface area contributed by atoms with Crippen LogP contribution in [0.3, 0.4) is 0 Å². The monoisotopic (exact) mass is 724 g/mol. The zero-order chi connectivity index (χ0) is 36.4. The number of hydrogen-bond acceptors (Lipinski definition) is 6. The lowest BCUT2D eigenvalue weighted by atomic mass is 9.76. The minimum Gasteiger partial charge on any atom is -0.465 e. The van der Waals surface area contributed by atoms with Gasteiger partial charge in [0.15, 0.2) is 11.0 Å². The Balaban J connectivity index is 0.000000187. The van der Waals surface area contributed by atoms with Gasteiger partial charge in [-0.2, -0.15) is 26.3 Å². The number of nitrogens with zero attached hydrogens (tertiary/aromatic N) is 4. The maximum absolute atomic E-state index is 12.9. The Bertz CT molecular complexity index is 2190. The van der Waals surface area contributed by atoms with Crippen molar-refractivity contribution in [3.8, 4) is 22.5 Å². The topological polar surface area (TPSA) is 113 Å². The zero-order valence-electron chi connectivity index (χ0n) is 26.4. The van der Waals surface area contributed by atoms with Crippen molar-refractivity contribution in [3.05, 3.63) is 113 Å². The molecule has 0 spiro atoms. The summed E-state index contributed by atoms with van der Waals surface area (Å²) >= 11 is 5.98. The second kappa shape index (κ2) is 14.0. The summed E-state index contributed by atoms with van der Waals surface area (Å²) in [5.74, 6) is 0.521. The predicted molar refractivity (Wildman–Crippen MR) is 181 cm³/mol. The molecule has 1 aliphatic rings. The van der Waals surface area contributed by atoms with Crippen LogP contribution < -0.4 is 10.6 Å². The summed E-state index contributed by atoms with van der Waals surface area (Å²) in [6.45, 7) is 0.249. The fraction of sp³-hybridized carbons (Fsp3) is 0.194. The number of benzene rings is 4. The fourth-order valence-corrected chi connectivity index (χ4v) is 5.98. The molecular formula is C36H27ClF6N6O2. The minimum absolute atomic E-state index is 0.249. The molecule has 8 nitrogen and oxygen atoms in total. The van der Waals surface area contributed by atoms with E-state index in [1.807, 2.05) is 42.5 Å².